The van der Waals surface area contributed by atoms with Crippen LogP contribution in [0.2, 0.25) is 0 Å². The van der Waals surface area contributed by atoms with Crippen molar-refractivity contribution in [1.82, 2.24) is 0 Å². The summed E-state index contributed by atoms with van der Waals surface area (Å²) < 4.78 is 37.2. The first-order valence-corrected chi connectivity index (χ1v) is 7.76. The van der Waals surface area contributed by atoms with E-state index < -0.39 is 10.0 Å². The molecule has 19 heavy (non-hydrogen) atoms. The molecule has 102 valence electrons. The van der Waals surface area contributed by atoms with Crippen molar-refractivity contribution in [2.45, 2.75) is 4.90 Å². The van der Waals surface area contributed by atoms with Gasteiger partial charge < -0.3 is 9.47 Å². The minimum atomic E-state index is -3.71. The summed E-state index contributed by atoms with van der Waals surface area (Å²) in [6.07, 6.45) is 0. The molecule has 0 spiro atoms. The molecule has 0 atom stereocenters. The molecular formula is C12H13NO4S2. The van der Waals surface area contributed by atoms with Crippen LogP contribution in [-0.4, -0.2) is 22.6 Å². The van der Waals surface area contributed by atoms with Crippen molar-refractivity contribution in [1.29, 1.82) is 0 Å². The molecule has 1 N–H and O–H groups in total. The van der Waals surface area contributed by atoms with E-state index in [1.54, 1.807) is 29.0 Å². The van der Waals surface area contributed by atoms with Gasteiger partial charge in [0, 0.05) is 11.4 Å². The van der Waals surface area contributed by atoms with E-state index in [1.165, 1.54) is 31.6 Å². The van der Waals surface area contributed by atoms with Gasteiger partial charge in [0.2, 0.25) is 0 Å². The molecule has 1 aromatic carbocycles. The molecule has 7 heteroatoms. The average molecular weight is 299 g/mol. The van der Waals surface area contributed by atoms with E-state index in [0.717, 1.165) is 0 Å². The van der Waals surface area contributed by atoms with Crippen LogP contribution < -0.4 is 14.2 Å². The Labute approximate surface area is 115 Å². The Morgan fingerprint density at radius 2 is 1.95 bits per heavy atom. The van der Waals surface area contributed by atoms with E-state index in [-0.39, 0.29) is 10.6 Å². The van der Waals surface area contributed by atoms with Crippen LogP contribution >= 0.6 is 11.3 Å². The Balaban J connectivity index is 2.43. The number of nitrogens with one attached hydrogen (secondary N) is 1. The number of hydrogen-bond donors (Lipinski definition) is 1. The Morgan fingerprint density at radius 1 is 1.16 bits per heavy atom. The monoisotopic (exact) mass is 299 g/mol. The quantitative estimate of drug-likeness (QED) is 0.921. The lowest BCUT2D eigenvalue weighted by molar-refractivity contribution is 0.392. The summed E-state index contributed by atoms with van der Waals surface area (Å²) in [4.78, 5) is 0.0422. The highest BCUT2D eigenvalue weighted by Crippen LogP contribution is 2.29. The van der Waals surface area contributed by atoms with Gasteiger partial charge in [-0.05, 0) is 23.6 Å². The zero-order valence-corrected chi connectivity index (χ0v) is 12.0. The van der Waals surface area contributed by atoms with Crippen LogP contribution in [0.4, 0.5) is 5.69 Å². The summed E-state index contributed by atoms with van der Waals surface area (Å²) in [5.74, 6) is 0.718. The highest BCUT2D eigenvalue weighted by molar-refractivity contribution is 7.92. The lowest BCUT2D eigenvalue weighted by Gasteiger charge is -2.11. The molecule has 1 aromatic heterocycles. The maximum absolute atomic E-state index is 12.3. The number of ether oxygens (including phenoxy) is 2. The lowest BCUT2D eigenvalue weighted by Crippen LogP contribution is -2.13. The van der Waals surface area contributed by atoms with Gasteiger partial charge >= 0.3 is 0 Å². The van der Waals surface area contributed by atoms with Gasteiger partial charge in [-0.15, -0.1) is 0 Å². The predicted molar refractivity (Wildman–Crippen MR) is 74.7 cm³/mol. The van der Waals surface area contributed by atoms with Crippen molar-refractivity contribution in [3.63, 3.8) is 0 Å². The average Bonchev–Trinajstić information content (AvgIpc) is 2.90. The number of sulfonamides is 1. The molecule has 0 saturated heterocycles. The standard InChI is InChI=1S/C12H13NO4S2/c1-16-10-3-4-11(17-2)12(7-10)19(14,15)13-9-5-6-18-8-9/h3-8,13H,1-2H3. The first-order valence-electron chi connectivity index (χ1n) is 5.34. The third kappa shape index (κ3) is 2.99. The molecule has 0 bridgehead atoms. The number of benzene rings is 1. The Hall–Kier alpha value is -1.73. The van der Waals surface area contributed by atoms with Crippen molar-refractivity contribution in [2.24, 2.45) is 0 Å². The molecule has 0 aliphatic rings. The summed E-state index contributed by atoms with van der Waals surface area (Å²) in [7, 11) is -0.808. The molecule has 2 rings (SSSR count). The molecule has 0 amide bonds. The van der Waals surface area contributed by atoms with Crippen molar-refractivity contribution in [3.05, 3.63) is 35.0 Å². The van der Waals surface area contributed by atoms with Gasteiger partial charge in [-0.25, -0.2) is 8.42 Å². The first kappa shape index (κ1) is 13.7. The maximum atomic E-state index is 12.3. The van der Waals surface area contributed by atoms with Gasteiger partial charge in [0.1, 0.15) is 16.4 Å². The molecule has 0 saturated carbocycles. The lowest BCUT2D eigenvalue weighted by atomic mass is 10.3. The van der Waals surface area contributed by atoms with Crippen molar-refractivity contribution in [2.75, 3.05) is 18.9 Å². The van der Waals surface area contributed by atoms with Crippen LogP contribution in [0.15, 0.2) is 39.9 Å². The summed E-state index contributed by atoms with van der Waals surface area (Å²) in [6, 6.07) is 6.31. The molecule has 0 aliphatic carbocycles. The van der Waals surface area contributed by atoms with E-state index in [1.807, 2.05) is 0 Å². The summed E-state index contributed by atoms with van der Waals surface area (Å²) in [6.45, 7) is 0. The highest BCUT2D eigenvalue weighted by Gasteiger charge is 2.20. The number of thiophene rings is 1. The fourth-order valence-corrected chi connectivity index (χ4v) is 3.42. The van der Waals surface area contributed by atoms with Gasteiger partial charge in [0.25, 0.3) is 10.0 Å². The first-order chi connectivity index (χ1) is 9.06. The van der Waals surface area contributed by atoms with Crippen molar-refractivity contribution >= 4 is 27.0 Å². The van der Waals surface area contributed by atoms with E-state index >= 15 is 0 Å². The Bertz CT molecular complexity index is 650. The van der Waals surface area contributed by atoms with Crippen LogP contribution in [0, 0.1) is 0 Å². The van der Waals surface area contributed by atoms with Crippen molar-refractivity contribution < 1.29 is 17.9 Å². The summed E-state index contributed by atoms with van der Waals surface area (Å²) in [5.41, 5.74) is 0.523. The van der Waals surface area contributed by atoms with E-state index in [9.17, 15) is 8.42 Å². The SMILES string of the molecule is COc1ccc(OC)c(S(=O)(=O)Nc2ccsc2)c1. The minimum absolute atomic E-state index is 0.0422. The molecule has 0 fully saturated rings. The Morgan fingerprint density at radius 3 is 2.53 bits per heavy atom. The fraction of sp³-hybridized carbons (Fsp3) is 0.167. The predicted octanol–water partition coefficient (Wildman–Crippen LogP) is 2.57. The van der Waals surface area contributed by atoms with Gasteiger partial charge in [0.05, 0.1) is 19.9 Å². The second-order valence-corrected chi connectivity index (χ2v) is 6.07. The van der Waals surface area contributed by atoms with E-state index in [0.29, 0.717) is 11.4 Å². The van der Waals surface area contributed by atoms with Crippen LogP contribution in [0.5, 0.6) is 11.5 Å². The molecule has 0 aliphatic heterocycles. The number of methoxy groups -OCH3 is 2. The third-order valence-electron chi connectivity index (χ3n) is 2.43. The third-order valence-corrected chi connectivity index (χ3v) is 4.52. The minimum Gasteiger partial charge on any atom is -0.497 e. The summed E-state index contributed by atoms with van der Waals surface area (Å²) >= 11 is 1.41. The summed E-state index contributed by atoms with van der Waals surface area (Å²) in [5, 5.41) is 3.50. The van der Waals surface area contributed by atoms with Gasteiger partial charge in [-0.3, -0.25) is 4.72 Å². The fourth-order valence-electron chi connectivity index (χ4n) is 1.53. The molecule has 0 radical (unpaired) electrons. The highest BCUT2D eigenvalue weighted by atomic mass is 32.2. The van der Waals surface area contributed by atoms with Gasteiger partial charge in [-0.2, -0.15) is 11.3 Å². The molecule has 1 heterocycles. The largest absolute Gasteiger partial charge is 0.497 e. The zero-order chi connectivity index (χ0) is 13.9. The normalized spacial score (nSPS) is 11.1. The van der Waals surface area contributed by atoms with Crippen LogP contribution in [0.25, 0.3) is 0 Å². The second-order valence-electron chi connectivity index (χ2n) is 3.63. The molecule has 2 aromatic rings. The number of anilines is 1. The topological polar surface area (TPSA) is 64.6 Å². The van der Waals surface area contributed by atoms with Gasteiger partial charge in [0.15, 0.2) is 0 Å². The smallest absolute Gasteiger partial charge is 0.265 e. The Kier molecular flexibility index (Phi) is 3.96. The number of rotatable bonds is 5. The second kappa shape index (κ2) is 5.50. The zero-order valence-electron chi connectivity index (χ0n) is 10.4. The van der Waals surface area contributed by atoms with E-state index in [2.05, 4.69) is 4.72 Å². The maximum Gasteiger partial charge on any atom is 0.265 e. The van der Waals surface area contributed by atoms with Crippen LogP contribution in [-0.2, 0) is 10.0 Å². The van der Waals surface area contributed by atoms with Crippen LogP contribution in [0.3, 0.4) is 0 Å². The molecular weight excluding hydrogens is 286 g/mol. The number of hydrogen-bond acceptors (Lipinski definition) is 5. The van der Waals surface area contributed by atoms with Crippen molar-refractivity contribution in [3.8, 4) is 11.5 Å². The molecule has 0 unspecified atom stereocenters. The van der Waals surface area contributed by atoms with E-state index in [4.69, 9.17) is 9.47 Å². The molecule has 5 nitrogen and oxygen atoms in total. The van der Waals surface area contributed by atoms with Crippen LogP contribution in [0.1, 0.15) is 0 Å². The van der Waals surface area contributed by atoms with Gasteiger partial charge in [-0.1, -0.05) is 0 Å².